The number of ether oxygens (including phenoxy) is 1. The van der Waals surface area contributed by atoms with E-state index in [0.717, 1.165) is 18.6 Å². The van der Waals surface area contributed by atoms with Crippen LogP contribution >= 0.6 is 11.8 Å². The largest absolute Gasteiger partial charge is 0.445 e. The fraction of sp³-hybridized carbons (Fsp3) is 0.765. The van der Waals surface area contributed by atoms with Crippen molar-refractivity contribution in [2.45, 2.75) is 66.3 Å². The molecule has 0 aromatic heterocycles. The van der Waals surface area contributed by atoms with Gasteiger partial charge in [-0.05, 0) is 26.2 Å². The second-order valence-corrected chi connectivity index (χ2v) is 5.60. The molecule has 1 amide bonds. The molecule has 130 valence electrons. The Labute approximate surface area is 140 Å². The second-order valence-electron chi connectivity index (χ2n) is 4.53. The highest BCUT2D eigenvalue weighted by molar-refractivity contribution is 8.13. The molecular formula is C17H33NO3S. The Morgan fingerprint density at radius 1 is 1.32 bits per heavy atom. The molecule has 0 aliphatic carbocycles. The van der Waals surface area contributed by atoms with Crippen LogP contribution in [0.2, 0.25) is 0 Å². The summed E-state index contributed by atoms with van der Waals surface area (Å²) < 4.78 is 5.03. The SMILES string of the molecule is C=CCOC(=O)N1CCCC1(C)C(=O)SCCC.CC.CC. The maximum absolute atomic E-state index is 12.2. The van der Waals surface area contributed by atoms with E-state index in [4.69, 9.17) is 4.74 Å². The van der Waals surface area contributed by atoms with E-state index in [9.17, 15) is 9.59 Å². The van der Waals surface area contributed by atoms with Gasteiger partial charge in [0.1, 0.15) is 12.1 Å². The molecule has 0 aromatic carbocycles. The molecule has 1 unspecified atom stereocenters. The van der Waals surface area contributed by atoms with E-state index < -0.39 is 11.6 Å². The van der Waals surface area contributed by atoms with Crippen molar-refractivity contribution in [3.63, 3.8) is 0 Å². The van der Waals surface area contributed by atoms with Crippen LogP contribution in [0, 0.1) is 0 Å². The molecule has 0 spiro atoms. The Kier molecular flexibility index (Phi) is 14.5. The minimum absolute atomic E-state index is 0.0670. The first-order valence-corrected chi connectivity index (χ1v) is 9.27. The third-order valence-corrected chi connectivity index (χ3v) is 4.38. The van der Waals surface area contributed by atoms with Crippen molar-refractivity contribution in [2.24, 2.45) is 0 Å². The van der Waals surface area contributed by atoms with Gasteiger partial charge in [0.25, 0.3) is 0 Å². The summed E-state index contributed by atoms with van der Waals surface area (Å²) in [7, 11) is 0. The number of hydrogen-bond donors (Lipinski definition) is 0. The Morgan fingerprint density at radius 2 is 1.91 bits per heavy atom. The normalized spacial score (nSPS) is 19.3. The topological polar surface area (TPSA) is 46.6 Å². The van der Waals surface area contributed by atoms with Crippen LogP contribution in [0.3, 0.4) is 0 Å². The minimum Gasteiger partial charge on any atom is -0.445 e. The summed E-state index contributed by atoms with van der Waals surface area (Å²) in [6.45, 7) is 16.1. The number of amides is 1. The van der Waals surface area contributed by atoms with E-state index in [1.807, 2.05) is 41.5 Å². The van der Waals surface area contributed by atoms with E-state index in [-0.39, 0.29) is 11.7 Å². The van der Waals surface area contributed by atoms with Crippen LogP contribution < -0.4 is 0 Å². The zero-order chi connectivity index (χ0) is 17.6. The van der Waals surface area contributed by atoms with Gasteiger partial charge in [-0.2, -0.15) is 0 Å². The van der Waals surface area contributed by atoms with Crippen LogP contribution in [0.1, 0.15) is 60.8 Å². The van der Waals surface area contributed by atoms with Gasteiger partial charge in [-0.3, -0.25) is 9.69 Å². The van der Waals surface area contributed by atoms with E-state index in [1.165, 1.54) is 17.8 Å². The third-order valence-electron chi connectivity index (χ3n) is 3.06. The fourth-order valence-electron chi connectivity index (χ4n) is 2.03. The lowest BCUT2D eigenvalue weighted by atomic mass is 10.0. The van der Waals surface area contributed by atoms with Gasteiger partial charge in [0.05, 0.1) is 0 Å². The summed E-state index contributed by atoms with van der Waals surface area (Å²) in [5.41, 5.74) is -0.710. The lowest BCUT2D eigenvalue weighted by molar-refractivity contribution is -0.119. The van der Waals surface area contributed by atoms with Crippen molar-refractivity contribution in [3.05, 3.63) is 12.7 Å². The molecular weight excluding hydrogens is 298 g/mol. The summed E-state index contributed by atoms with van der Waals surface area (Å²) in [6.07, 6.45) is 3.62. The number of likely N-dealkylation sites (tertiary alicyclic amines) is 1. The van der Waals surface area contributed by atoms with Gasteiger partial charge in [-0.15, -0.1) is 0 Å². The highest BCUT2D eigenvalue weighted by Crippen LogP contribution is 2.34. The van der Waals surface area contributed by atoms with Crippen LogP contribution in [-0.2, 0) is 9.53 Å². The molecule has 1 fully saturated rings. The van der Waals surface area contributed by atoms with E-state index in [2.05, 4.69) is 6.58 Å². The van der Waals surface area contributed by atoms with Crippen LogP contribution in [-0.4, -0.2) is 40.6 Å². The lowest BCUT2D eigenvalue weighted by Gasteiger charge is -2.32. The Balaban J connectivity index is 0. The zero-order valence-corrected chi connectivity index (χ0v) is 15.9. The van der Waals surface area contributed by atoms with E-state index >= 15 is 0 Å². The highest BCUT2D eigenvalue weighted by atomic mass is 32.2. The number of hydrogen-bond acceptors (Lipinski definition) is 4. The summed E-state index contributed by atoms with van der Waals surface area (Å²) in [6, 6.07) is 0. The summed E-state index contributed by atoms with van der Waals surface area (Å²) >= 11 is 1.31. The number of carbonyl (C=O) groups excluding carboxylic acids is 2. The molecule has 1 heterocycles. The molecule has 1 rings (SSSR count). The van der Waals surface area contributed by atoms with Gasteiger partial charge in [-0.25, -0.2) is 4.79 Å². The summed E-state index contributed by atoms with van der Waals surface area (Å²) in [4.78, 5) is 25.7. The zero-order valence-electron chi connectivity index (χ0n) is 15.1. The molecule has 1 saturated heterocycles. The van der Waals surface area contributed by atoms with Gasteiger partial charge < -0.3 is 4.74 Å². The number of nitrogens with zero attached hydrogens (tertiary/aromatic N) is 1. The molecule has 0 aromatic rings. The van der Waals surface area contributed by atoms with Gasteiger partial charge in [-0.1, -0.05) is 59.0 Å². The standard InChI is InChI=1S/C13H21NO3S.2C2H6/c1-4-9-17-12(16)14-8-6-7-13(14,3)11(15)18-10-5-2;2*1-2/h4H,1,5-10H2,2-3H3;2*1-2H3. The maximum Gasteiger partial charge on any atom is 0.410 e. The quantitative estimate of drug-likeness (QED) is 0.673. The van der Waals surface area contributed by atoms with Gasteiger partial charge >= 0.3 is 6.09 Å². The van der Waals surface area contributed by atoms with Gasteiger partial charge in [0, 0.05) is 12.3 Å². The molecule has 1 aliphatic heterocycles. The van der Waals surface area contributed by atoms with Crippen LogP contribution in [0.15, 0.2) is 12.7 Å². The summed E-state index contributed by atoms with van der Waals surface area (Å²) in [5, 5.41) is 0.0670. The second kappa shape index (κ2) is 13.7. The number of rotatable bonds is 5. The van der Waals surface area contributed by atoms with Crippen molar-refractivity contribution in [2.75, 3.05) is 18.9 Å². The van der Waals surface area contributed by atoms with E-state index in [0.29, 0.717) is 13.0 Å². The monoisotopic (exact) mass is 331 g/mol. The van der Waals surface area contributed by atoms with Crippen molar-refractivity contribution < 1.29 is 14.3 Å². The average Bonchev–Trinajstić information content (AvgIpc) is 2.97. The van der Waals surface area contributed by atoms with Crippen molar-refractivity contribution >= 4 is 23.0 Å². The average molecular weight is 332 g/mol. The number of thioether (sulfide) groups is 1. The van der Waals surface area contributed by atoms with Crippen molar-refractivity contribution in [1.29, 1.82) is 0 Å². The smallest absolute Gasteiger partial charge is 0.410 e. The van der Waals surface area contributed by atoms with Crippen molar-refractivity contribution in [3.8, 4) is 0 Å². The first-order valence-electron chi connectivity index (χ1n) is 8.28. The molecule has 4 nitrogen and oxygen atoms in total. The molecule has 0 radical (unpaired) electrons. The summed E-state index contributed by atoms with van der Waals surface area (Å²) in [5.74, 6) is 0.796. The minimum atomic E-state index is -0.710. The molecule has 5 heteroatoms. The predicted molar refractivity (Wildman–Crippen MR) is 96.3 cm³/mol. The Bertz CT molecular complexity index is 334. The number of carbonyl (C=O) groups is 2. The third kappa shape index (κ3) is 6.86. The highest BCUT2D eigenvalue weighted by Gasteiger charge is 2.46. The van der Waals surface area contributed by atoms with Crippen molar-refractivity contribution in [1.82, 2.24) is 4.90 Å². The molecule has 0 saturated carbocycles. The predicted octanol–water partition coefficient (Wildman–Crippen LogP) is 4.89. The molecule has 0 bridgehead atoms. The fourth-order valence-corrected chi connectivity index (χ4v) is 2.94. The first-order chi connectivity index (χ1) is 10.6. The molecule has 0 N–H and O–H groups in total. The molecule has 1 aliphatic rings. The molecule has 22 heavy (non-hydrogen) atoms. The Hall–Kier alpha value is -0.970. The van der Waals surface area contributed by atoms with Gasteiger partial charge in [0.2, 0.25) is 5.12 Å². The first kappa shape index (κ1) is 23.3. The van der Waals surface area contributed by atoms with Gasteiger partial charge in [0.15, 0.2) is 0 Å². The lowest BCUT2D eigenvalue weighted by Crippen LogP contribution is -2.50. The van der Waals surface area contributed by atoms with Crippen LogP contribution in [0.25, 0.3) is 0 Å². The maximum atomic E-state index is 12.2. The van der Waals surface area contributed by atoms with Crippen LogP contribution in [0.4, 0.5) is 4.79 Å². The molecule has 1 atom stereocenters. The van der Waals surface area contributed by atoms with Crippen LogP contribution in [0.5, 0.6) is 0 Å². The van der Waals surface area contributed by atoms with E-state index in [1.54, 1.807) is 4.90 Å². The Morgan fingerprint density at radius 3 is 2.41 bits per heavy atom.